The summed E-state index contributed by atoms with van der Waals surface area (Å²) in [5, 5.41) is 0.917. The van der Waals surface area contributed by atoms with Crippen LogP contribution in [-0.2, 0) is 5.75 Å². The van der Waals surface area contributed by atoms with E-state index in [9.17, 15) is 0 Å². The topological polar surface area (TPSA) is 12.9 Å². The first-order valence-electron chi connectivity index (χ1n) is 5.57. The van der Waals surface area contributed by atoms with Crippen LogP contribution >= 0.6 is 35.0 Å². The summed E-state index contributed by atoms with van der Waals surface area (Å²) in [4.78, 5) is 5.31. The zero-order valence-corrected chi connectivity index (χ0v) is 12.5. The van der Waals surface area contributed by atoms with Crippen LogP contribution in [0.5, 0.6) is 0 Å². The van der Waals surface area contributed by atoms with Gasteiger partial charge in [0.25, 0.3) is 0 Å². The molecule has 18 heavy (non-hydrogen) atoms. The smallest absolute Gasteiger partial charge is 0.134 e. The molecule has 1 heterocycles. The van der Waals surface area contributed by atoms with Crippen LogP contribution in [0.15, 0.2) is 35.2 Å². The van der Waals surface area contributed by atoms with E-state index in [1.165, 1.54) is 16.0 Å². The van der Waals surface area contributed by atoms with E-state index >= 15 is 0 Å². The highest BCUT2D eigenvalue weighted by molar-refractivity contribution is 7.98. The summed E-state index contributed by atoms with van der Waals surface area (Å²) < 4.78 is 0. The van der Waals surface area contributed by atoms with Crippen LogP contribution in [0.4, 0.5) is 0 Å². The van der Waals surface area contributed by atoms with E-state index in [0.717, 1.165) is 11.3 Å². The fraction of sp³-hybridized carbons (Fsp3) is 0.214. The van der Waals surface area contributed by atoms with E-state index in [1.807, 2.05) is 6.07 Å². The van der Waals surface area contributed by atoms with Crippen molar-refractivity contribution in [3.8, 4) is 0 Å². The van der Waals surface area contributed by atoms with Gasteiger partial charge in [-0.05, 0) is 37.1 Å². The van der Waals surface area contributed by atoms with E-state index in [2.05, 4.69) is 37.0 Å². The minimum absolute atomic E-state index is 0.431. The Morgan fingerprint density at radius 3 is 2.56 bits per heavy atom. The van der Waals surface area contributed by atoms with Crippen LogP contribution < -0.4 is 0 Å². The van der Waals surface area contributed by atoms with Crippen molar-refractivity contribution in [1.82, 2.24) is 4.98 Å². The Morgan fingerprint density at radius 1 is 1.11 bits per heavy atom. The molecule has 0 N–H and O–H groups in total. The molecule has 2 aromatic rings. The maximum absolute atomic E-state index is 6.05. The monoisotopic (exact) mass is 297 g/mol. The first kappa shape index (κ1) is 13.7. The van der Waals surface area contributed by atoms with Crippen LogP contribution in [-0.4, -0.2) is 4.98 Å². The zero-order valence-electron chi connectivity index (χ0n) is 10.2. The molecule has 0 aliphatic heterocycles. The van der Waals surface area contributed by atoms with Crippen molar-refractivity contribution in [1.29, 1.82) is 0 Å². The molecule has 0 aliphatic carbocycles. The molecule has 94 valence electrons. The predicted molar refractivity (Wildman–Crippen MR) is 79.7 cm³/mol. The highest BCUT2D eigenvalue weighted by Gasteiger charge is 2.05. The lowest BCUT2D eigenvalue weighted by atomic mass is 10.2. The largest absolute Gasteiger partial charge is 0.224 e. The molecular weight excluding hydrogens is 285 g/mol. The number of hydrogen-bond acceptors (Lipinski definition) is 2. The second-order valence-corrected chi connectivity index (χ2v) is 5.90. The third-order valence-electron chi connectivity index (χ3n) is 2.61. The molecule has 0 radical (unpaired) electrons. The molecule has 0 saturated carbocycles. The van der Waals surface area contributed by atoms with Gasteiger partial charge in [-0.3, -0.25) is 0 Å². The fourth-order valence-electron chi connectivity index (χ4n) is 1.67. The van der Waals surface area contributed by atoms with Crippen molar-refractivity contribution < 1.29 is 0 Å². The Hall–Kier alpha value is -0.700. The molecule has 0 bridgehead atoms. The van der Waals surface area contributed by atoms with Gasteiger partial charge in [-0.15, -0.1) is 11.8 Å². The first-order valence-corrected chi connectivity index (χ1v) is 7.31. The molecule has 4 heteroatoms. The van der Waals surface area contributed by atoms with Gasteiger partial charge >= 0.3 is 0 Å². The minimum Gasteiger partial charge on any atom is -0.224 e. The van der Waals surface area contributed by atoms with E-state index in [4.69, 9.17) is 23.2 Å². The van der Waals surface area contributed by atoms with Crippen LogP contribution in [0.2, 0.25) is 10.3 Å². The number of halogens is 2. The molecule has 0 aliphatic rings. The Balaban J connectivity index is 2.11. The quantitative estimate of drug-likeness (QED) is 0.563. The van der Waals surface area contributed by atoms with Gasteiger partial charge in [-0.1, -0.05) is 47.0 Å². The second kappa shape index (κ2) is 5.96. The number of aromatic nitrogens is 1. The number of hydrogen-bond donors (Lipinski definition) is 0. The predicted octanol–water partition coefficient (Wildman–Crippen LogP) is 5.30. The van der Waals surface area contributed by atoms with Crippen LogP contribution in [0.3, 0.4) is 0 Å². The molecule has 0 amide bonds. The average Bonchev–Trinajstić information content (AvgIpc) is 2.30. The maximum atomic E-state index is 6.05. The fourth-order valence-corrected chi connectivity index (χ4v) is 3.15. The Morgan fingerprint density at radius 2 is 1.89 bits per heavy atom. The van der Waals surface area contributed by atoms with Gasteiger partial charge in [0.05, 0.1) is 0 Å². The van der Waals surface area contributed by atoms with Crippen molar-refractivity contribution in [3.63, 3.8) is 0 Å². The second-order valence-electron chi connectivity index (χ2n) is 4.14. The molecule has 1 aromatic carbocycles. The molecule has 0 spiro atoms. The van der Waals surface area contributed by atoms with Crippen molar-refractivity contribution in [3.05, 3.63) is 57.3 Å². The summed E-state index contributed by atoms with van der Waals surface area (Å²) in [7, 11) is 0. The number of aryl methyl sites for hydroxylation is 2. The summed E-state index contributed by atoms with van der Waals surface area (Å²) in [5.41, 5.74) is 3.58. The number of rotatable bonds is 3. The molecular formula is C14H13Cl2NS. The first-order chi connectivity index (χ1) is 8.56. The average molecular weight is 298 g/mol. The lowest BCUT2D eigenvalue weighted by molar-refractivity contribution is 1.23. The van der Waals surface area contributed by atoms with Gasteiger partial charge in [-0.25, -0.2) is 4.98 Å². The van der Waals surface area contributed by atoms with Crippen LogP contribution in [0.25, 0.3) is 0 Å². The van der Waals surface area contributed by atoms with Crippen molar-refractivity contribution in [2.75, 3.05) is 0 Å². The molecule has 1 aromatic heterocycles. The SMILES string of the molecule is Cc1ccc(SCc2ccc(Cl)nc2Cl)c(C)c1. The third-order valence-corrected chi connectivity index (χ3v) is 4.37. The third kappa shape index (κ3) is 3.41. The summed E-state index contributed by atoms with van der Waals surface area (Å²) in [6.07, 6.45) is 0. The lowest BCUT2D eigenvalue weighted by Crippen LogP contribution is -1.88. The van der Waals surface area contributed by atoms with Gasteiger partial charge in [0.15, 0.2) is 0 Å². The van der Waals surface area contributed by atoms with E-state index in [0.29, 0.717) is 10.3 Å². The van der Waals surface area contributed by atoms with Gasteiger partial charge in [0.1, 0.15) is 10.3 Å². The van der Waals surface area contributed by atoms with Gasteiger partial charge in [-0.2, -0.15) is 0 Å². The summed E-state index contributed by atoms with van der Waals surface area (Å²) >= 11 is 13.6. The van der Waals surface area contributed by atoms with E-state index in [1.54, 1.807) is 17.8 Å². The highest BCUT2D eigenvalue weighted by atomic mass is 35.5. The molecule has 2 rings (SSSR count). The zero-order chi connectivity index (χ0) is 13.1. The molecule has 0 atom stereocenters. The molecule has 0 unspecified atom stereocenters. The maximum Gasteiger partial charge on any atom is 0.134 e. The van der Waals surface area contributed by atoms with Gasteiger partial charge < -0.3 is 0 Å². The molecule has 0 fully saturated rings. The van der Waals surface area contributed by atoms with Crippen molar-refractivity contribution >= 4 is 35.0 Å². The highest BCUT2D eigenvalue weighted by Crippen LogP contribution is 2.29. The van der Waals surface area contributed by atoms with Crippen molar-refractivity contribution in [2.24, 2.45) is 0 Å². The normalized spacial score (nSPS) is 10.7. The minimum atomic E-state index is 0.431. The number of thioether (sulfide) groups is 1. The Kier molecular flexibility index (Phi) is 4.55. The van der Waals surface area contributed by atoms with Crippen LogP contribution in [0.1, 0.15) is 16.7 Å². The van der Waals surface area contributed by atoms with Gasteiger partial charge in [0, 0.05) is 10.6 Å². The number of nitrogens with zero attached hydrogens (tertiary/aromatic N) is 1. The van der Waals surface area contributed by atoms with Crippen LogP contribution in [0, 0.1) is 13.8 Å². The van der Waals surface area contributed by atoms with Crippen molar-refractivity contribution in [2.45, 2.75) is 24.5 Å². The standard InChI is InChI=1S/C14H13Cl2NS/c1-9-3-5-12(10(2)7-9)18-8-11-4-6-13(15)17-14(11)16/h3-7H,8H2,1-2H3. The molecule has 0 saturated heterocycles. The molecule has 1 nitrogen and oxygen atoms in total. The Labute approximate surface area is 122 Å². The van der Waals surface area contributed by atoms with E-state index < -0.39 is 0 Å². The van der Waals surface area contributed by atoms with Gasteiger partial charge in [0.2, 0.25) is 0 Å². The summed E-state index contributed by atoms with van der Waals surface area (Å²) in [6, 6.07) is 10.1. The number of benzene rings is 1. The summed E-state index contributed by atoms with van der Waals surface area (Å²) in [5.74, 6) is 0.799. The number of pyridine rings is 1. The van der Waals surface area contributed by atoms with E-state index in [-0.39, 0.29) is 0 Å². The summed E-state index contributed by atoms with van der Waals surface area (Å²) in [6.45, 7) is 4.22. The Bertz CT molecular complexity index is 518. The lowest BCUT2D eigenvalue weighted by Gasteiger charge is -2.07.